The summed E-state index contributed by atoms with van der Waals surface area (Å²) in [5.41, 5.74) is 4.83. The molecule has 7 nitrogen and oxygen atoms in total. The van der Waals surface area contributed by atoms with Crippen LogP contribution in [0.4, 0.5) is 5.88 Å². The van der Waals surface area contributed by atoms with Crippen LogP contribution in [0.2, 0.25) is 0 Å². The lowest BCUT2D eigenvalue weighted by atomic mass is 10.4. The van der Waals surface area contributed by atoms with E-state index in [2.05, 4.69) is 14.4 Å². The third kappa shape index (κ3) is 2.27. The van der Waals surface area contributed by atoms with Crippen molar-refractivity contribution >= 4 is 21.7 Å². The average molecular weight is 234 g/mol. The van der Waals surface area contributed by atoms with Gasteiger partial charge in [0.1, 0.15) is 0 Å². The normalized spacial score (nSPS) is 11.3. The van der Waals surface area contributed by atoms with Crippen molar-refractivity contribution < 1.29 is 22.5 Å². The van der Waals surface area contributed by atoms with Gasteiger partial charge in [0.2, 0.25) is 11.6 Å². The van der Waals surface area contributed by atoms with Crippen molar-refractivity contribution in [2.45, 2.75) is 11.8 Å². The number of nitrogens with two attached hydrogens (primary N) is 1. The molecule has 0 spiro atoms. The summed E-state index contributed by atoms with van der Waals surface area (Å²) in [6.07, 6.45) is 0.901. The third-order valence-corrected chi connectivity index (χ3v) is 2.65. The molecule has 8 heteroatoms. The fraction of sp³-hybridized carbons (Fsp3) is 0.429. The van der Waals surface area contributed by atoms with Crippen LogP contribution in [0, 0.1) is 0 Å². The van der Waals surface area contributed by atoms with E-state index in [1.807, 2.05) is 0 Å². The zero-order valence-corrected chi connectivity index (χ0v) is 9.00. The number of ether oxygens (including phenoxy) is 1. The number of anilines is 1. The van der Waals surface area contributed by atoms with Gasteiger partial charge in [-0.2, -0.15) is 0 Å². The zero-order chi connectivity index (χ0) is 11.6. The second-order valence-electron chi connectivity index (χ2n) is 2.72. The molecule has 0 aliphatic carbocycles. The van der Waals surface area contributed by atoms with Gasteiger partial charge in [-0.1, -0.05) is 5.16 Å². The highest BCUT2D eigenvalue weighted by molar-refractivity contribution is 7.91. The summed E-state index contributed by atoms with van der Waals surface area (Å²) in [5.74, 6) is -1.29. The van der Waals surface area contributed by atoms with E-state index in [1.165, 1.54) is 0 Å². The highest BCUT2D eigenvalue weighted by Gasteiger charge is 2.28. The molecule has 0 atom stereocenters. The lowest BCUT2D eigenvalue weighted by Gasteiger charge is -1.99. The van der Waals surface area contributed by atoms with Gasteiger partial charge < -0.3 is 15.0 Å². The summed E-state index contributed by atoms with van der Waals surface area (Å²) in [4.78, 5) is 10.8. The van der Waals surface area contributed by atoms with Crippen LogP contribution in [-0.2, 0) is 14.6 Å². The summed E-state index contributed by atoms with van der Waals surface area (Å²) in [6, 6.07) is 0. The Balaban J connectivity index is 3.27. The fourth-order valence-electron chi connectivity index (χ4n) is 0.982. The number of sulfone groups is 1. The van der Waals surface area contributed by atoms with E-state index in [0.717, 1.165) is 6.26 Å². The van der Waals surface area contributed by atoms with Crippen molar-refractivity contribution in [2.75, 3.05) is 18.6 Å². The number of carbonyl (C=O) groups excluding carboxylic acids is 1. The largest absolute Gasteiger partial charge is 0.461 e. The highest BCUT2D eigenvalue weighted by Crippen LogP contribution is 2.22. The van der Waals surface area contributed by atoms with Crippen LogP contribution in [0.3, 0.4) is 0 Å². The lowest BCUT2D eigenvalue weighted by molar-refractivity contribution is 0.0510. The molecule has 0 aromatic carbocycles. The molecular weight excluding hydrogens is 224 g/mol. The standard InChI is InChI=1S/C7H10N2O5S/c1-3-13-7(10)4-5(15(2,11)12)6(8)14-9-4/h3,8H2,1-2H3. The zero-order valence-electron chi connectivity index (χ0n) is 8.18. The molecule has 0 saturated carbocycles. The topological polar surface area (TPSA) is 112 Å². The van der Waals surface area contributed by atoms with Gasteiger partial charge in [0.15, 0.2) is 14.7 Å². The van der Waals surface area contributed by atoms with E-state index >= 15 is 0 Å². The molecule has 0 fully saturated rings. The molecule has 0 aliphatic rings. The second-order valence-corrected chi connectivity index (χ2v) is 4.67. The van der Waals surface area contributed by atoms with Crippen LogP contribution in [-0.4, -0.2) is 32.4 Å². The molecule has 0 aliphatic heterocycles. The summed E-state index contributed by atoms with van der Waals surface area (Å²) >= 11 is 0. The number of nitrogen functional groups attached to an aromatic ring is 1. The molecule has 1 aromatic rings. The van der Waals surface area contributed by atoms with E-state index in [0.29, 0.717) is 0 Å². The molecule has 0 amide bonds. The summed E-state index contributed by atoms with van der Waals surface area (Å²) in [5, 5.41) is 3.25. The molecule has 0 radical (unpaired) electrons. The maximum atomic E-state index is 11.3. The number of rotatable bonds is 3. The maximum Gasteiger partial charge on any atom is 0.362 e. The van der Waals surface area contributed by atoms with E-state index < -0.39 is 32.3 Å². The van der Waals surface area contributed by atoms with Crippen LogP contribution < -0.4 is 5.73 Å². The quantitative estimate of drug-likeness (QED) is 0.722. The highest BCUT2D eigenvalue weighted by atomic mass is 32.2. The van der Waals surface area contributed by atoms with Crippen LogP contribution in [0.1, 0.15) is 17.4 Å². The van der Waals surface area contributed by atoms with E-state index in [4.69, 9.17) is 5.73 Å². The number of nitrogens with zero attached hydrogens (tertiary/aromatic N) is 1. The summed E-state index contributed by atoms with van der Waals surface area (Å²) in [7, 11) is -3.67. The van der Waals surface area contributed by atoms with Gasteiger partial charge >= 0.3 is 5.97 Å². The lowest BCUT2D eigenvalue weighted by Crippen LogP contribution is -2.11. The first kappa shape index (κ1) is 11.5. The number of esters is 1. The Morgan fingerprint density at radius 2 is 2.20 bits per heavy atom. The van der Waals surface area contributed by atoms with Crippen molar-refractivity contribution in [3.63, 3.8) is 0 Å². The van der Waals surface area contributed by atoms with Crippen LogP contribution >= 0.6 is 0 Å². The van der Waals surface area contributed by atoms with E-state index in [9.17, 15) is 13.2 Å². The number of hydrogen-bond acceptors (Lipinski definition) is 7. The fourth-order valence-corrected chi connectivity index (χ4v) is 1.86. The van der Waals surface area contributed by atoms with Crippen molar-refractivity contribution in [1.82, 2.24) is 5.16 Å². The Morgan fingerprint density at radius 1 is 1.60 bits per heavy atom. The van der Waals surface area contributed by atoms with E-state index in [1.54, 1.807) is 6.92 Å². The van der Waals surface area contributed by atoms with Gasteiger partial charge in [0, 0.05) is 6.26 Å². The van der Waals surface area contributed by atoms with Gasteiger partial charge in [-0.25, -0.2) is 13.2 Å². The molecule has 1 aromatic heterocycles. The Labute approximate surface area is 86.1 Å². The molecule has 0 unspecified atom stereocenters. The predicted molar refractivity (Wildman–Crippen MR) is 50.0 cm³/mol. The molecule has 84 valence electrons. The van der Waals surface area contributed by atoms with Crippen molar-refractivity contribution in [3.8, 4) is 0 Å². The molecule has 0 bridgehead atoms. The summed E-state index contributed by atoms with van der Waals surface area (Å²) < 4.78 is 31.5. The first-order valence-electron chi connectivity index (χ1n) is 4.00. The Bertz CT molecular complexity index is 476. The van der Waals surface area contributed by atoms with Gasteiger partial charge in [-0.15, -0.1) is 0 Å². The summed E-state index contributed by atoms with van der Waals surface area (Å²) in [6.45, 7) is 1.69. The minimum Gasteiger partial charge on any atom is -0.461 e. The molecule has 2 N–H and O–H groups in total. The van der Waals surface area contributed by atoms with Crippen LogP contribution in [0.25, 0.3) is 0 Å². The number of carbonyl (C=O) groups is 1. The van der Waals surface area contributed by atoms with Crippen molar-refractivity contribution in [1.29, 1.82) is 0 Å². The average Bonchev–Trinajstić information content (AvgIpc) is 2.46. The first-order valence-corrected chi connectivity index (χ1v) is 5.89. The van der Waals surface area contributed by atoms with E-state index in [-0.39, 0.29) is 6.61 Å². The smallest absolute Gasteiger partial charge is 0.362 e. The Morgan fingerprint density at radius 3 is 2.67 bits per heavy atom. The van der Waals surface area contributed by atoms with Gasteiger partial charge in [0.25, 0.3) is 0 Å². The van der Waals surface area contributed by atoms with Crippen LogP contribution in [0.5, 0.6) is 0 Å². The predicted octanol–water partition coefficient (Wildman–Crippen LogP) is -0.163. The number of hydrogen-bond donors (Lipinski definition) is 1. The van der Waals surface area contributed by atoms with Crippen LogP contribution in [0.15, 0.2) is 9.42 Å². The SMILES string of the molecule is CCOC(=O)c1noc(N)c1S(C)(=O)=O. The third-order valence-electron chi connectivity index (χ3n) is 1.51. The molecule has 0 saturated heterocycles. The van der Waals surface area contributed by atoms with Gasteiger partial charge in [0.05, 0.1) is 6.61 Å². The number of aromatic nitrogens is 1. The Hall–Kier alpha value is -1.57. The molecule has 1 heterocycles. The molecule has 1 rings (SSSR count). The van der Waals surface area contributed by atoms with Gasteiger partial charge in [-0.3, -0.25) is 0 Å². The molecule has 15 heavy (non-hydrogen) atoms. The first-order chi connectivity index (χ1) is 6.88. The maximum absolute atomic E-state index is 11.3. The molecular formula is C7H10N2O5S. The van der Waals surface area contributed by atoms with Crippen molar-refractivity contribution in [2.24, 2.45) is 0 Å². The monoisotopic (exact) mass is 234 g/mol. The minimum atomic E-state index is -3.67. The Kier molecular flexibility index (Phi) is 2.98. The van der Waals surface area contributed by atoms with Gasteiger partial charge in [-0.05, 0) is 6.92 Å². The second kappa shape index (κ2) is 3.89. The van der Waals surface area contributed by atoms with Crippen molar-refractivity contribution in [3.05, 3.63) is 5.69 Å². The minimum absolute atomic E-state index is 0.106.